The molecule has 5 nitrogen and oxygen atoms in total. The number of rotatable bonds is 10. The van der Waals surface area contributed by atoms with E-state index in [4.69, 9.17) is 5.11 Å². The highest BCUT2D eigenvalue weighted by molar-refractivity contribution is 7.07. The molecule has 0 saturated heterocycles. The van der Waals surface area contributed by atoms with E-state index >= 15 is 0 Å². The number of thiophene rings is 1. The standard InChI is InChI=1S/C15H24N2O3S/c1-2-3-12(4-5-14(18)19)6-8-16-15(20)17-10-13-7-9-21-11-13/h7,9,11-12H,2-6,8,10H2,1H3,(H,18,19)(H2,16,17,20). The molecule has 6 heteroatoms. The van der Waals surface area contributed by atoms with Crippen molar-refractivity contribution in [1.29, 1.82) is 0 Å². The van der Waals surface area contributed by atoms with Gasteiger partial charge >= 0.3 is 12.0 Å². The number of hydrogen-bond acceptors (Lipinski definition) is 3. The van der Waals surface area contributed by atoms with E-state index in [0.29, 0.717) is 25.4 Å². The highest BCUT2D eigenvalue weighted by Crippen LogP contribution is 2.17. The molecule has 0 saturated carbocycles. The molecule has 1 unspecified atom stereocenters. The minimum absolute atomic E-state index is 0.172. The lowest BCUT2D eigenvalue weighted by atomic mass is 9.94. The Kier molecular flexibility index (Phi) is 8.50. The molecule has 1 aromatic rings. The van der Waals surface area contributed by atoms with E-state index in [9.17, 15) is 9.59 Å². The second kappa shape index (κ2) is 10.2. The maximum absolute atomic E-state index is 11.6. The van der Waals surface area contributed by atoms with Crippen LogP contribution < -0.4 is 10.6 Å². The minimum Gasteiger partial charge on any atom is -0.481 e. The number of hydrogen-bond donors (Lipinski definition) is 3. The summed E-state index contributed by atoms with van der Waals surface area (Å²) in [7, 11) is 0. The minimum atomic E-state index is -0.752. The number of urea groups is 1. The molecule has 1 atom stereocenters. The number of carboxylic acid groups (broad SMARTS) is 1. The summed E-state index contributed by atoms with van der Waals surface area (Å²) in [6, 6.07) is 1.81. The molecule has 0 fully saturated rings. The second-order valence-electron chi connectivity index (χ2n) is 5.12. The first kappa shape index (κ1) is 17.5. The third-order valence-corrected chi connectivity index (χ3v) is 4.07. The number of carbonyl (C=O) groups is 2. The molecule has 1 heterocycles. The number of nitrogens with one attached hydrogen (secondary N) is 2. The van der Waals surface area contributed by atoms with E-state index in [1.54, 1.807) is 11.3 Å². The monoisotopic (exact) mass is 312 g/mol. The van der Waals surface area contributed by atoms with Crippen LogP contribution in [0, 0.1) is 5.92 Å². The van der Waals surface area contributed by atoms with Crippen LogP contribution in [0.15, 0.2) is 16.8 Å². The number of aliphatic carboxylic acids is 1. The van der Waals surface area contributed by atoms with Crippen molar-refractivity contribution >= 4 is 23.3 Å². The third kappa shape index (κ3) is 8.34. The maximum atomic E-state index is 11.6. The first-order valence-corrected chi connectivity index (χ1v) is 8.30. The van der Waals surface area contributed by atoms with Gasteiger partial charge < -0.3 is 15.7 Å². The molecule has 3 N–H and O–H groups in total. The van der Waals surface area contributed by atoms with Crippen LogP contribution >= 0.6 is 11.3 Å². The lowest BCUT2D eigenvalue weighted by molar-refractivity contribution is -0.137. The van der Waals surface area contributed by atoms with Gasteiger partial charge in [-0.3, -0.25) is 4.79 Å². The van der Waals surface area contributed by atoms with Crippen LogP contribution in [0.2, 0.25) is 0 Å². The van der Waals surface area contributed by atoms with E-state index < -0.39 is 5.97 Å². The van der Waals surface area contributed by atoms with E-state index in [1.165, 1.54) is 0 Å². The number of carbonyl (C=O) groups excluding carboxylic acids is 1. The lowest BCUT2D eigenvalue weighted by Crippen LogP contribution is -2.36. The zero-order chi connectivity index (χ0) is 15.5. The molecule has 0 aliphatic rings. The fraction of sp³-hybridized carbons (Fsp3) is 0.600. The van der Waals surface area contributed by atoms with Crippen LogP contribution in [0.5, 0.6) is 0 Å². The van der Waals surface area contributed by atoms with Crippen molar-refractivity contribution in [3.8, 4) is 0 Å². The van der Waals surface area contributed by atoms with Gasteiger partial charge in [-0.15, -0.1) is 0 Å². The van der Waals surface area contributed by atoms with Gasteiger partial charge in [0.2, 0.25) is 0 Å². The number of carboxylic acids is 1. The van der Waals surface area contributed by atoms with E-state index in [2.05, 4.69) is 17.6 Å². The van der Waals surface area contributed by atoms with Gasteiger partial charge in [0.05, 0.1) is 0 Å². The van der Waals surface area contributed by atoms with Crippen molar-refractivity contribution in [3.05, 3.63) is 22.4 Å². The van der Waals surface area contributed by atoms with Crippen LogP contribution in [0.4, 0.5) is 4.79 Å². The van der Waals surface area contributed by atoms with Crippen LogP contribution in [0.1, 0.15) is 44.6 Å². The third-order valence-electron chi connectivity index (χ3n) is 3.33. The normalized spacial score (nSPS) is 11.9. The first-order chi connectivity index (χ1) is 10.1. The zero-order valence-electron chi connectivity index (χ0n) is 12.4. The van der Waals surface area contributed by atoms with Gasteiger partial charge in [0.25, 0.3) is 0 Å². The van der Waals surface area contributed by atoms with Gasteiger partial charge in [0.15, 0.2) is 0 Å². The summed E-state index contributed by atoms with van der Waals surface area (Å²) in [4.78, 5) is 22.2. The van der Waals surface area contributed by atoms with Gasteiger partial charge in [-0.2, -0.15) is 11.3 Å². The second-order valence-corrected chi connectivity index (χ2v) is 5.90. The summed E-state index contributed by atoms with van der Waals surface area (Å²) in [6.45, 7) is 3.21. The Bertz CT molecular complexity index is 421. The van der Waals surface area contributed by atoms with Crippen molar-refractivity contribution in [2.75, 3.05) is 6.54 Å². The fourth-order valence-electron chi connectivity index (χ4n) is 2.20. The molecule has 0 radical (unpaired) electrons. The van der Waals surface area contributed by atoms with Crippen molar-refractivity contribution in [2.24, 2.45) is 5.92 Å². The van der Waals surface area contributed by atoms with Crippen molar-refractivity contribution in [1.82, 2.24) is 10.6 Å². The van der Waals surface area contributed by atoms with E-state index in [-0.39, 0.29) is 12.5 Å². The molecule has 0 aliphatic heterocycles. The topological polar surface area (TPSA) is 78.4 Å². The number of amides is 2. The first-order valence-electron chi connectivity index (χ1n) is 7.36. The predicted molar refractivity (Wildman–Crippen MR) is 84.4 cm³/mol. The quantitative estimate of drug-likeness (QED) is 0.620. The molecule has 118 valence electrons. The molecular weight excluding hydrogens is 288 g/mol. The smallest absolute Gasteiger partial charge is 0.315 e. The van der Waals surface area contributed by atoms with Gasteiger partial charge in [0, 0.05) is 19.5 Å². The van der Waals surface area contributed by atoms with Crippen molar-refractivity contribution in [2.45, 2.75) is 45.6 Å². The fourth-order valence-corrected chi connectivity index (χ4v) is 2.87. The van der Waals surface area contributed by atoms with Crippen LogP contribution in [-0.4, -0.2) is 23.7 Å². The van der Waals surface area contributed by atoms with Gasteiger partial charge in [-0.25, -0.2) is 4.79 Å². The summed E-state index contributed by atoms with van der Waals surface area (Å²) >= 11 is 1.61. The molecule has 2 amide bonds. The van der Waals surface area contributed by atoms with Crippen LogP contribution in [0.3, 0.4) is 0 Å². The predicted octanol–water partition coefficient (Wildman–Crippen LogP) is 3.22. The maximum Gasteiger partial charge on any atom is 0.315 e. The Balaban J connectivity index is 2.16. The zero-order valence-corrected chi connectivity index (χ0v) is 13.2. The Morgan fingerprint density at radius 3 is 2.71 bits per heavy atom. The van der Waals surface area contributed by atoms with Gasteiger partial charge in [-0.1, -0.05) is 19.8 Å². The van der Waals surface area contributed by atoms with Gasteiger partial charge in [0.1, 0.15) is 0 Å². The average Bonchev–Trinajstić information content (AvgIpc) is 2.95. The van der Waals surface area contributed by atoms with E-state index in [0.717, 1.165) is 24.8 Å². The lowest BCUT2D eigenvalue weighted by Gasteiger charge is -2.15. The Labute approximate surface area is 129 Å². The SMILES string of the molecule is CCCC(CCNC(=O)NCc1ccsc1)CCC(=O)O. The van der Waals surface area contributed by atoms with Crippen molar-refractivity contribution < 1.29 is 14.7 Å². The highest BCUT2D eigenvalue weighted by atomic mass is 32.1. The summed E-state index contributed by atoms with van der Waals surface area (Å²) in [5, 5.41) is 18.3. The Hall–Kier alpha value is -1.56. The van der Waals surface area contributed by atoms with Crippen molar-refractivity contribution in [3.63, 3.8) is 0 Å². The molecule has 1 rings (SSSR count). The molecule has 0 spiro atoms. The van der Waals surface area contributed by atoms with Gasteiger partial charge in [-0.05, 0) is 41.1 Å². The summed E-state index contributed by atoms with van der Waals surface area (Å²) in [6.07, 6.45) is 3.75. The summed E-state index contributed by atoms with van der Waals surface area (Å²) < 4.78 is 0. The molecular formula is C15H24N2O3S. The highest BCUT2D eigenvalue weighted by Gasteiger charge is 2.10. The molecule has 0 aliphatic carbocycles. The molecule has 1 aromatic heterocycles. The average molecular weight is 312 g/mol. The van der Waals surface area contributed by atoms with E-state index in [1.807, 2.05) is 16.8 Å². The van der Waals surface area contributed by atoms with Crippen LogP contribution in [0.25, 0.3) is 0 Å². The molecule has 0 aromatic carbocycles. The molecule has 0 bridgehead atoms. The van der Waals surface area contributed by atoms with Crippen LogP contribution in [-0.2, 0) is 11.3 Å². The summed E-state index contributed by atoms with van der Waals surface area (Å²) in [5.41, 5.74) is 1.10. The summed E-state index contributed by atoms with van der Waals surface area (Å²) in [5.74, 6) is -0.388. The largest absolute Gasteiger partial charge is 0.481 e. The Morgan fingerprint density at radius 1 is 1.29 bits per heavy atom. The molecule has 21 heavy (non-hydrogen) atoms. The Morgan fingerprint density at radius 2 is 2.10 bits per heavy atom.